The number of anilines is 2. The molecule has 1 heterocycles. The SMILES string of the molecule is CCNc1nc(NC(CCO)C(C)(C)C)nc(OC)n1. The Hall–Kier alpha value is -1.63. The molecule has 0 fully saturated rings. The second-order valence-electron chi connectivity index (χ2n) is 5.57. The number of hydrogen-bond acceptors (Lipinski definition) is 7. The minimum absolute atomic E-state index is 0.0268. The summed E-state index contributed by atoms with van der Waals surface area (Å²) < 4.78 is 5.08. The van der Waals surface area contributed by atoms with Crippen LogP contribution in [0.3, 0.4) is 0 Å². The molecule has 0 amide bonds. The van der Waals surface area contributed by atoms with Gasteiger partial charge >= 0.3 is 6.01 Å². The summed E-state index contributed by atoms with van der Waals surface area (Å²) in [5.41, 5.74) is -0.0268. The first-order chi connectivity index (χ1) is 9.40. The highest BCUT2D eigenvalue weighted by molar-refractivity contribution is 5.36. The van der Waals surface area contributed by atoms with Crippen molar-refractivity contribution >= 4 is 11.9 Å². The Labute approximate surface area is 120 Å². The van der Waals surface area contributed by atoms with Gasteiger partial charge in [0.25, 0.3) is 0 Å². The molecule has 0 aromatic carbocycles. The van der Waals surface area contributed by atoms with Gasteiger partial charge in [0, 0.05) is 19.2 Å². The fraction of sp³-hybridized carbons (Fsp3) is 0.769. The molecule has 7 heteroatoms. The quantitative estimate of drug-likeness (QED) is 0.698. The molecule has 0 spiro atoms. The van der Waals surface area contributed by atoms with E-state index in [2.05, 4.69) is 46.4 Å². The van der Waals surface area contributed by atoms with Gasteiger partial charge < -0.3 is 20.5 Å². The Morgan fingerprint density at radius 3 is 2.35 bits per heavy atom. The van der Waals surface area contributed by atoms with Crippen molar-refractivity contribution < 1.29 is 9.84 Å². The van der Waals surface area contributed by atoms with Crippen LogP contribution >= 0.6 is 0 Å². The molecule has 114 valence electrons. The molecule has 1 rings (SSSR count). The fourth-order valence-corrected chi connectivity index (χ4v) is 1.76. The van der Waals surface area contributed by atoms with Crippen molar-refractivity contribution in [1.82, 2.24) is 15.0 Å². The predicted octanol–water partition coefficient (Wildman–Crippen LogP) is 1.52. The molecule has 0 aliphatic carbocycles. The van der Waals surface area contributed by atoms with Crippen LogP contribution in [-0.2, 0) is 0 Å². The maximum absolute atomic E-state index is 9.19. The summed E-state index contributed by atoms with van der Waals surface area (Å²) in [4.78, 5) is 12.6. The van der Waals surface area contributed by atoms with Crippen LogP contribution in [0, 0.1) is 5.41 Å². The number of ether oxygens (including phenoxy) is 1. The molecule has 7 nitrogen and oxygen atoms in total. The summed E-state index contributed by atoms with van der Waals surface area (Å²) in [7, 11) is 1.52. The van der Waals surface area contributed by atoms with Crippen molar-refractivity contribution in [2.75, 3.05) is 30.9 Å². The van der Waals surface area contributed by atoms with E-state index in [9.17, 15) is 5.11 Å². The van der Waals surface area contributed by atoms with Crippen LogP contribution in [0.5, 0.6) is 6.01 Å². The largest absolute Gasteiger partial charge is 0.467 e. The number of hydrogen-bond donors (Lipinski definition) is 3. The molecule has 0 saturated heterocycles. The van der Waals surface area contributed by atoms with Gasteiger partial charge in [-0.25, -0.2) is 0 Å². The molecule has 1 aromatic heterocycles. The van der Waals surface area contributed by atoms with Gasteiger partial charge in [-0.15, -0.1) is 0 Å². The monoisotopic (exact) mass is 283 g/mol. The number of aromatic nitrogens is 3. The summed E-state index contributed by atoms with van der Waals surface area (Å²) >= 11 is 0. The molecule has 0 bridgehead atoms. The van der Waals surface area contributed by atoms with Gasteiger partial charge in [0.2, 0.25) is 11.9 Å². The van der Waals surface area contributed by atoms with E-state index in [0.717, 1.165) is 0 Å². The van der Waals surface area contributed by atoms with Crippen molar-refractivity contribution in [2.24, 2.45) is 5.41 Å². The minimum atomic E-state index is -0.0268. The Morgan fingerprint density at radius 1 is 1.20 bits per heavy atom. The second kappa shape index (κ2) is 7.23. The first kappa shape index (κ1) is 16.4. The van der Waals surface area contributed by atoms with Gasteiger partial charge in [0.1, 0.15) is 0 Å². The minimum Gasteiger partial charge on any atom is -0.467 e. The Morgan fingerprint density at radius 2 is 1.85 bits per heavy atom. The third-order valence-corrected chi connectivity index (χ3v) is 2.90. The standard InChI is InChI=1S/C13H25N5O2/c1-6-14-10-16-11(18-12(17-10)20-5)15-9(7-8-19)13(2,3)4/h9,19H,6-8H2,1-5H3,(H2,14,15,16,17,18). The molecule has 1 atom stereocenters. The molecule has 3 N–H and O–H groups in total. The zero-order valence-electron chi connectivity index (χ0n) is 12.9. The van der Waals surface area contributed by atoms with Crippen LogP contribution in [0.2, 0.25) is 0 Å². The van der Waals surface area contributed by atoms with Crippen LogP contribution in [-0.4, -0.2) is 46.4 Å². The van der Waals surface area contributed by atoms with E-state index in [4.69, 9.17) is 4.74 Å². The fourth-order valence-electron chi connectivity index (χ4n) is 1.76. The van der Waals surface area contributed by atoms with Crippen molar-refractivity contribution in [3.05, 3.63) is 0 Å². The molecular formula is C13H25N5O2. The zero-order valence-corrected chi connectivity index (χ0v) is 12.9. The van der Waals surface area contributed by atoms with Crippen LogP contribution in [0.1, 0.15) is 34.1 Å². The first-order valence-corrected chi connectivity index (χ1v) is 6.82. The van der Waals surface area contributed by atoms with E-state index in [0.29, 0.717) is 24.9 Å². The highest BCUT2D eigenvalue weighted by Gasteiger charge is 2.25. The average molecular weight is 283 g/mol. The van der Waals surface area contributed by atoms with Crippen LogP contribution < -0.4 is 15.4 Å². The van der Waals surface area contributed by atoms with Gasteiger partial charge in [-0.2, -0.15) is 15.0 Å². The van der Waals surface area contributed by atoms with E-state index in [-0.39, 0.29) is 24.1 Å². The molecule has 0 saturated carbocycles. The maximum Gasteiger partial charge on any atom is 0.322 e. The van der Waals surface area contributed by atoms with Crippen LogP contribution in [0.25, 0.3) is 0 Å². The van der Waals surface area contributed by atoms with Crippen LogP contribution in [0.15, 0.2) is 0 Å². The van der Waals surface area contributed by atoms with Gasteiger partial charge in [0.15, 0.2) is 0 Å². The van der Waals surface area contributed by atoms with E-state index >= 15 is 0 Å². The van der Waals surface area contributed by atoms with Crippen molar-refractivity contribution in [2.45, 2.75) is 40.2 Å². The van der Waals surface area contributed by atoms with Crippen LogP contribution in [0.4, 0.5) is 11.9 Å². The predicted molar refractivity (Wildman–Crippen MR) is 79.1 cm³/mol. The van der Waals surface area contributed by atoms with E-state index < -0.39 is 0 Å². The third kappa shape index (κ3) is 4.80. The highest BCUT2D eigenvalue weighted by atomic mass is 16.5. The first-order valence-electron chi connectivity index (χ1n) is 6.82. The summed E-state index contributed by atoms with van der Waals surface area (Å²) in [6, 6.07) is 0.309. The van der Waals surface area contributed by atoms with Crippen molar-refractivity contribution in [1.29, 1.82) is 0 Å². The summed E-state index contributed by atoms with van der Waals surface area (Å²) in [5, 5.41) is 15.5. The molecule has 1 unspecified atom stereocenters. The number of methoxy groups -OCH3 is 1. The number of rotatable bonds is 7. The maximum atomic E-state index is 9.19. The topological polar surface area (TPSA) is 92.2 Å². The van der Waals surface area contributed by atoms with Gasteiger partial charge in [0.05, 0.1) is 7.11 Å². The normalized spacial score (nSPS) is 12.9. The molecule has 20 heavy (non-hydrogen) atoms. The lowest BCUT2D eigenvalue weighted by atomic mass is 9.85. The lowest BCUT2D eigenvalue weighted by Gasteiger charge is -2.31. The Bertz CT molecular complexity index is 420. The van der Waals surface area contributed by atoms with Crippen molar-refractivity contribution in [3.63, 3.8) is 0 Å². The second-order valence-corrected chi connectivity index (χ2v) is 5.57. The van der Waals surface area contributed by atoms with E-state index in [1.54, 1.807) is 0 Å². The number of aliphatic hydroxyl groups is 1. The lowest BCUT2D eigenvalue weighted by Crippen LogP contribution is -2.35. The van der Waals surface area contributed by atoms with Gasteiger partial charge in [-0.05, 0) is 18.8 Å². The number of nitrogens with zero attached hydrogens (tertiary/aromatic N) is 3. The summed E-state index contributed by atoms with van der Waals surface area (Å²) in [6.07, 6.45) is 0.619. The third-order valence-electron chi connectivity index (χ3n) is 2.90. The van der Waals surface area contributed by atoms with Gasteiger partial charge in [-0.1, -0.05) is 20.8 Å². The Kier molecular flexibility index (Phi) is 5.94. The van der Waals surface area contributed by atoms with Gasteiger partial charge in [-0.3, -0.25) is 0 Å². The zero-order chi connectivity index (χ0) is 15.2. The molecular weight excluding hydrogens is 258 g/mol. The summed E-state index contributed by atoms with van der Waals surface area (Å²) in [6.45, 7) is 9.09. The smallest absolute Gasteiger partial charge is 0.322 e. The average Bonchev–Trinajstić information content (AvgIpc) is 2.37. The van der Waals surface area contributed by atoms with E-state index in [1.807, 2.05) is 6.92 Å². The van der Waals surface area contributed by atoms with E-state index in [1.165, 1.54) is 7.11 Å². The Balaban J connectivity index is 2.96. The molecule has 0 aliphatic rings. The molecule has 0 aliphatic heterocycles. The number of nitrogens with one attached hydrogen (secondary N) is 2. The molecule has 1 aromatic rings. The highest BCUT2D eigenvalue weighted by Crippen LogP contribution is 2.25. The lowest BCUT2D eigenvalue weighted by molar-refractivity contribution is 0.234. The summed E-state index contributed by atoms with van der Waals surface area (Å²) in [5.74, 6) is 0.916. The molecule has 0 radical (unpaired) electrons. The number of aliphatic hydroxyl groups excluding tert-OH is 1. The van der Waals surface area contributed by atoms with Crippen molar-refractivity contribution in [3.8, 4) is 6.01 Å².